The summed E-state index contributed by atoms with van der Waals surface area (Å²) in [5, 5.41) is 14.0. The lowest BCUT2D eigenvalue weighted by Gasteiger charge is -2.18. The third-order valence-corrected chi connectivity index (χ3v) is 3.11. The Morgan fingerprint density at radius 1 is 1.00 bits per heavy atom. The summed E-state index contributed by atoms with van der Waals surface area (Å²) < 4.78 is 0. The van der Waals surface area contributed by atoms with Crippen molar-refractivity contribution in [2.24, 2.45) is 0 Å². The highest BCUT2D eigenvalue weighted by Gasteiger charge is 2.10. The molecule has 2 aromatic carbocycles. The first-order valence-electron chi connectivity index (χ1n) is 5.57. The van der Waals surface area contributed by atoms with Crippen molar-refractivity contribution in [2.45, 2.75) is 6.04 Å². The minimum atomic E-state index is -0.190. The number of benzene rings is 2. The van der Waals surface area contributed by atoms with Gasteiger partial charge in [0.1, 0.15) is 0 Å². The van der Waals surface area contributed by atoms with E-state index in [9.17, 15) is 5.11 Å². The van der Waals surface area contributed by atoms with Crippen LogP contribution in [-0.2, 0) is 0 Å². The van der Waals surface area contributed by atoms with E-state index < -0.39 is 0 Å². The van der Waals surface area contributed by atoms with E-state index in [4.69, 9.17) is 23.2 Å². The fourth-order valence-electron chi connectivity index (χ4n) is 1.71. The molecule has 1 atom stereocenters. The smallest absolute Gasteiger partial charge is 0.0745 e. The molecular weight excluding hydrogens is 269 g/mol. The zero-order valence-corrected chi connectivity index (χ0v) is 11.1. The zero-order valence-electron chi connectivity index (χ0n) is 9.61. The van der Waals surface area contributed by atoms with Gasteiger partial charge in [-0.1, -0.05) is 35.3 Å². The van der Waals surface area contributed by atoms with Gasteiger partial charge in [0.25, 0.3) is 0 Å². The number of hydrogen-bond donors (Lipinski definition) is 2. The van der Waals surface area contributed by atoms with Crippen molar-refractivity contribution in [3.63, 3.8) is 0 Å². The van der Waals surface area contributed by atoms with Gasteiger partial charge in [-0.15, -0.1) is 0 Å². The molecule has 0 heterocycles. The average Bonchev–Trinajstić information content (AvgIpc) is 2.38. The first-order valence-corrected chi connectivity index (χ1v) is 6.33. The number of nitrogens with one attached hydrogen (secondary N) is 1. The summed E-state index contributed by atoms with van der Waals surface area (Å²) in [5.74, 6) is 0. The molecule has 2 N–H and O–H groups in total. The summed E-state index contributed by atoms with van der Waals surface area (Å²) in [5.41, 5.74) is 1.85. The molecule has 2 nitrogen and oxygen atoms in total. The van der Waals surface area contributed by atoms with Crippen LogP contribution >= 0.6 is 23.2 Å². The summed E-state index contributed by atoms with van der Waals surface area (Å²) in [7, 11) is 0. The van der Waals surface area contributed by atoms with Crippen LogP contribution < -0.4 is 5.32 Å². The quantitative estimate of drug-likeness (QED) is 0.883. The maximum atomic E-state index is 9.45. The first kappa shape index (κ1) is 13.2. The molecule has 0 fully saturated rings. The van der Waals surface area contributed by atoms with E-state index in [-0.39, 0.29) is 12.6 Å². The Morgan fingerprint density at radius 2 is 1.72 bits per heavy atom. The molecule has 0 spiro atoms. The van der Waals surface area contributed by atoms with Crippen LogP contribution in [0.2, 0.25) is 10.0 Å². The molecule has 94 valence electrons. The zero-order chi connectivity index (χ0) is 13.0. The second-order valence-corrected chi connectivity index (χ2v) is 4.81. The summed E-state index contributed by atoms with van der Waals surface area (Å²) in [6, 6.07) is 14.6. The van der Waals surface area contributed by atoms with Gasteiger partial charge in [-0.25, -0.2) is 0 Å². The van der Waals surface area contributed by atoms with Crippen molar-refractivity contribution in [1.82, 2.24) is 0 Å². The molecule has 0 amide bonds. The number of anilines is 1. The molecule has 0 radical (unpaired) electrons. The van der Waals surface area contributed by atoms with Crippen molar-refractivity contribution in [3.8, 4) is 0 Å². The van der Waals surface area contributed by atoms with E-state index in [1.54, 1.807) is 12.1 Å². The number of aliphatic hydroxyl groups is 1. The summed E-state index contributed by atoms with van der Waals surface area (Å²) in [6.07, 6.45) is 0. The van der Waals surface area contributed by atoms with Crippen molar-refractivity contribution in [2.75, 3.05) is 11.9 Å². The van der Waals surface area contributed by atoms with Gasteiger partial charge in [0, 0.05) is 15.7 Å². The van der Waals surface area contributed by atoms with Crippen LogP contribution in [0.25, 0.3) is 0 Å². The molecule has 0 saturated heterocycles. The van der Waals surface area contributed by atoms with Gasteiger partial charge in [-0.3, -0.25) is 0 Å². The fourth-order valence-corrected chi connectivity index (χ4v) is 2.03. The van der Waals surface area contributed by atoms with Crippen LogP contribution in [0.15, 0.2) is 48.5 Å². The Kier molecular flexibility index (Phi) is 4.48. The topological polar surface area (TPSA) is 32.3 Å². The number of hydrogen-bond acceptors (Lipinski definition) is 2. The molecule has 18 heavy (non-hydrogen) atoms. The van der Waals surface area contributed by atoms with Crippen LogP contribution in [0.4, 0.5) is 5.69 Å². The molecule has 0 aliphatic rings. The number of aliphatic hydroxyl groups excluding tert-OH is 1. The predicted octanol–water partition coefficient (Wildman–Crippen LogP) is 4.14. The van der Waals surface area contributed by atoms with Crippen LogP contribution in [0.5, 0.6) is 0 Å². The average molecular weight is 282 g/mol. The highest BCUT2D eigenvalue weighted by atomic mass is 35.5. The predicted molar refractivity (Wildman–Crippen MR) is 76.4 cm³/mol. The van der Waals surface area contributed by atoms with Gasteiger partial charge in [0.15, 0.2) is 0 Å². The number of rotatable bonds is 4. The lowest BCUT2D eigenvalue weighted by atomic mass is 10.1. The van der Waals surface area contributed by atoms with Gasteiger partial charge in [-0.05, 0) is 42.0 Å². The minimum absolute atomic E-state index is 0.0109. The Hall–Kier alpha value is -1.22. The lowest BCUT2D eigenvalue weighted by Crippen LogP contribution is -2.14. The third-order valence-electron chi connectivity index (χ3n) is 2.62. The van der Waals surface area contributed by atoms with E-state index in [2.05, 4.69) is 5.32 Å². The Balaban J connectivity index is 2.17. The first-order chi connectivity index (χ1) is 8.69. The molecule has 4 heteroatoms. The van der Waals surface area contributed by atoms with Crippen LogP contribution in [0, 0.1) is 0 Å². The monoisotopic (exact) mass is 281 g/mol. The van der Waals surface area contributed by atoms with Gasteiger partial charge in [-0.2, -0.15) is 0 Å². The van der Waals surface area contributed by atoms with E-state index in [0.717, 1.165) is 11.3 Å². The maximum Gasteiger partial charge on any atom is 0.0745 e. The van der Waals surface area contributed by atoms with Gasteiger partial charge in [0.05, 0.1) is 12.6 Å². The van der Waals surface area contributed by atoms with E-state index in [0.29, 0.717) is 10.0 Å². The van der Waals surface area contributed by atoms with E-state index in [1.165, 1.54) is 0 Å². The van der Waals surface area contributed by atoms with Gasteiger partial charge >= 0.3 is 0 Å². The van der Waals surface area contributed by atoms with Crippen LogP contribution in [0.3, 0.4) is 0 Å². The summed E-state index contributed by atoms with van der Waals surface area (Å²) in [6.45, 7) is -0.0109. The minimum Gasteiger partial charge on any atom is -0.394 e. The third kappa shape index (κ3) is 3.39. The van der Waals surface area contributed by atoms with Crippen molar-refractivity contribution in [1.29, 1.82) is 0 Å². The van der Waals surface area contributed by atoms with Gasteiger partial charge in [0.2, 0.25) is 0 Å². The van der Waals surface area contributed by atoms with Crippen molar-refractivity contribution in [3.05, 3.63) is 64.1 Å². The standard InChI is InChI=1S/C14H13Cl2NO/c15-11-4-6-13(7-5-11)17-14(9-18)10-2-1-3-12(16)8-10/h1-8,14,17-18H,9H2. The van der Waals surface area contributed by atoms with E-state index >= 15 is 0 Å². The normalized spacial score (nSPS) is 12.2. The largest absolute Gasteiger partial charge is 0.394 e. The second kappa shape index (κ2) is 6.10. The van der Waals surface area contributed by atoms with Gasteiger partial charge < -0.3 is 10.4 Å². The number of halogens is 2. The summed E-state index contributed by atoms with van der Waals surface area (Å²) >= 11 is 11.8. The molecule has 2 aromatic rings. The molecule has 0 bridgehead atoms. The Labute approximate surface area is 116 Å². The molecule has 1 unspecified atom stereocenters. The SMILES string of the molecule is OCC(Nc1ccc(Cl)cc1)c1cccc(Cl)c1. The molecule has 0 aromatic heterocycles. The Morgan fingerprint density at radius 3 is 2.33 bits per heavy atom. The molecule has 2 rings (SSSR count). The Bertz CT molecular complexity index is 513. The van der Waals surface area contributed by atoms with Crippen LogP contribution in [0.1, 0.15) is 11.6 Å². The molecule has 0 aliphatic heterocycles. The second-order valence-electron chi connectivity index (χ2n) is 3.94. The maximum absolute atomic E-state index is 9.45. The molecular formula is C14H13Cl2NO. The lowest BCUT2D eigenvalue weighted by molar-refractivity contribution is 0.276. The highest BCUT2D eigenvalue weighted by molar-refractivity contribution is 6.30. The molecule has 0 saturated carbocycles. The van der Waals surface area contributed by atoms with E-state index in [1.807, 2.05) is 36.4 Å². The summed E-state index contributed by atoms with van der Waals surface area (Å²) in [4.78, 5) is 0. The van der Waals surface area contributed by atoms with Crippen molar-refractivity contribution >= 4 is 28.9 Å². The highest BCUT2D eigenvalue weighted by Crippen LogP contribution is 2.22. The van der Waals surface area contributed by atoms with Crippen molar-refractivity contribution < 1.29 is 5.11 Å². The van der Waals surface area contributed by atoms with Crippen LogP contribution in [-0.4, -0.2) is 11.7 Å². The fraction of sp³-hybridized carbons (Fsp3) is 0.143. The molecule has 0 aliphatic carbocycles.